The zero-order valence-electron chi connectivity index (χ0n) is 6.28. The molecule has 0 aliphatic carbocycles. The van der Waals surface area contributed by atoms with E-state index in [-0.39, 0.29) is 10.6 Å². The Morgan fingerprint density at radius 3 is 2.85 bits per heavy atom. The molecule has 6 heteroatoms. The Morgan fingerprint density at radius 1 is 1.62 bits per heavy atom. The average molecular weight is 205 g/mol. The maximum Gasteiger partial charge on any atom is 0.354 e. The molecule has 1 rings (SSSR count). The van der Waals surface area contributed by atoms with Gasteiger partial charge in [0.05, 0.1) is 0 Å². The van der Waals surface area contributed by atoms with Crippen LogP contribution in [0.2, 0.25) is 0 Å². The molecule has 3 nitrogen and oxygen atoms in total. The van der Waals surface area contributed by atoms with Gasteiger partial charge in [0.1, 0.15) is 5.69 Å². The topological polar surface area (TPSA) is 50.2 Å². The second-order valence-corrected chi connectivity index (χ2v) is 3.12. The molecule has 1 aromatic rings. The van der Waals surface area contributed by atoms with E-state index < -0.39 is 11.7 Å². The van der Waals surface area contributed by atoms with Gasteiger partial charge in [0.15, 0.2) is 0 Å². The smallest absolute Gasteiger partial charge is 0.354 e. The van der Waals surface area contributed by atoms with Gasteiger partial charge in [-0.05, 0) is 12.1 Å². The van der Waals surface area contributed by atoms with Crippen molar-refractivity contribution in [3.05, 3.63) is 24.0 Å². The van der Waals surface area contributed by atoms with Crippen molar-refractivity contribution in [1.82, 2.24) is 4.98 Å². The zero-order valence-corrected chi connectivity index (χ0v) is 7.09. The molecule has 0 amide bonds. The molecular weight excluding hydrogens is 200 g/mol. The normalized spacial score (nSPS) is 10.4. The predicted octanol–water partition coefficient (Wildman–Crippen LogP) is 2.09. The number of alkyl halides is 2. The lowest BCUT2D eigenvalue weighted by Crippen LogP contribution is -1.99. The number of carbonyl (C=O) groups is 1. The number of carboxylic acid groups (broad SMARTS) is 1. The van der Waals surface area contributed by atoms with E-state index in [1.807, 2.05) is 0 Å². The van der Waals surface area contributed by atoms with Gasteiger partial charge in [-0.15, -0.1) is 0 Å². The molecular formula is C7H5F2NO2S. The number of rotatable bonds is 3. The van der Waals surface area contributed by atoms with E-state index >= 15 is 0 Å². The van der Waals surface area contributed by atoms with Crippen LogP contribution in [0, 0.1) is 0 Å². The summed E-state index contributed by atoms with van der Waals surface area (Å²) in [5, 5.41) is 8.48. The Bertz CT molecular complexity index is 319. The highest BCUT2D eigenvalue weighted by atomic mass is 32.2. The van der Waals surface area contributed by atoms with Gasteiger partial charge in [-0.3, -0.25) is 0 Å². The third-order valence-electron chi connectivity index (χ3n) is 1.18. The maximum atomic E-state index is 11.8. The third-order valence-corrected chi connectivity index (χ3v) is 1.88. The predicted molar refractivity (Wildman–Crippen MR) is 43.1 cm³/mol. The zero-order chi connectivity index (χ0) is 9.84. The first kappa shape index (κ1) is 9.91. The van der Waals surface area contributed by atoms with Crippen LogP contribution in [-0.2, 0) is 0 Å². The first-order valence-electron chi connectivity index (χ1n) is 3.24. The largest absolute Gasteiger partial charge is 0.477 e. The summed E-state index contributed by atoms with van der Waals surface area (Å²) in [5.74, 6) is -3.78. The van der Waals surface area contributed by atoms with Crippen molar-refractivity contribution >= 4 is 17.7 Å². The second kappa shape index (κ2) is 4.18. The monoisotopic (exact) mass is 205 g/mol. The summed E-state index contributed by atoms with van der Waals surface area (Å²) < 4.78 is 23.7. The van der Waals surface area contributed by atoms with Crippen molar-refractivity contribution < 1.29 is 18.7 Å². The highest BCUT2D eigenvalue weighted by Crippen LogP contribution is 2.24. The summed E-state index contributed by atoms with van der Waals surface area (Å²) in [6.45, 7) is 0. The molecule has 0 fully saturated rings. The summed E-state index contributed by atoms with van der Waals surface area (Å²) in [4.78, 5) is 14.1. The lowest BCUT2D eigenvalue weighted by molar-refractivity contribution is 0.0690. The lowest BCUT2D eigenvalue weighted by atomic mass is 10.4. The fourth-order valence-electron chi connectivity index (χ4n) is 0.704. The number of aromatic carboxylic acids is 1. The molecule has 0 unspecified atom stereocenters. The Labute approximate surface area is 76.8 Å². The fourth-order valence-corrected chi connectivity index (χ4v) is 1.23. The van der Waals surface area contributed by atoms with Crippen LogP contribution in [0.4, 0.5) is 8.78 Å². The maximum absolute atomic E-state index is 11.8. The Hall–Kier alpha value is -1.17. The van der Waals surface area contributed by atoms with Gasteiger partial charge in [-0.1, -0.05) is 11.8 Å². The SMILES string of the molecule is O=C(O)c1cc(SC(F)F)ccn1. The summed E-state index contributed by atoms with van der Waals surface area (Å²) in [6, 6.07) is 2.45. The van der Waals surface area contributed by atoms with E-state index in [1.54, 1.807) is 0 Å². The Morgan fingerprint density at radius 2 is 2.31 bits per heavy atom. The first-order valence-corrected chi connectivity index (χ1v) is 4.11. The summed E-state index contributed by atoms with van der Waals surface area (Å²) in [7, 11) is 0. The number of halogens is 2. The third kappa shape index (κ3) is 2.98. The molecule has 1 N–H and O–H groups in total. The molecule has 0 bridgehead atoms. The summed E-state index contributed by atoms with van der Waals surface area (Å²) >= 11 is 0.293. The van der Waals surface area contributed by atoms with Gasteiger partial charge >= 0.3 is 5.97 Å². The molecule has 13 heavy (non-hydrogen) atoms. The van der Waals surface area contributed by atoms with Crippen LogP contribution in [0.25, 0.3) is 0 Å². The first-order chi connectivity index (χ1) is 6.09. The van der Waals surface area contributed by atoms with Crippen LogP contribution in [0.5, 0.6) is 0 Å². The molecule has 0 atom stereocenters. The number of hydrogen-bond donors (Lipinski definition) is 1. The van der Waals surface area contributed by atoms with E-state index in [2.05, 4.69) is 4.98 Å². The van der Waals surface area contributed by atoms with Crippen molar-refractivity contribution in [2.24, 2.45) is 0 Å². The number of thioether (sulfide) groups is 1. The standard InChI is InChI=1S/C7H5F2NO2S/c8-7(9)13-4-1-2-10-5(3-4)6(11)12/h1-3,7H,(H,11,12). The minimum Gasteiger partial charge on any atom is -0.477 e. The fraction of sp³-hybridized carbons (Fsp3) is 0.143. The van der Waals surface area contributed by atoms with Crippen LogP contribution < -0.4 is 0 Å². The van der Waals surface area contributed by atoms with E-state index in [0.717, 1.165) is 6.07 Å². The molecule has 0 aliphatic heterocycles. The molecule has 0 aromatic carbocycles. The molecule has 1 aromatic heterocycles. The Kier molecular flexibility index (Phi) is 3.18. The van der Waals surface area contributed by atoms with E-state index in [0.29, 0.717) is 11.8 Å². The molecule has 0 saturated carbocycles. The van der Waals surface area contributed by atoms with Crippen LogP contribution >= 0.6 is 11.8 Å². The lowest BCUT2D eigenvalue weighted by Gasteiger charge is -1.99. The van der Waals surface area contributed by atoms with Crippen molar-refractivity contribution in [2.45, 2.75) is 10.7 Å². The van der Waals surface area contributed by atoms with Crippen LogP contribution in [-0.4, -0.2) is 21.8 Å². The number of hydrogen-bond acceptors (Lipinski definition) is 3. The molecule has 0 aliphatic rings. The van der Waals surface area contributed by atoms with Crippen LogP contribution in [0.3, 0.4) is 0 Å². The van der Waals surface area contributed by atoms with Crippen molar-refractivity contribution in [2.75, 3.05) is 0 Å². The molecule has 0 spiro atoms. The minimum absolute atomic E-state index is 0.197. The van der Waals surface area contributed by atoms with Crippen molar-refractivity contribution in [3.63, 3.8) is 0 Å². The Balaban J connectivity index is 2.85. The number of carboxylic acids is 1. The average Bonchev–Trinajstić information content (AvgIpc) is 2.03. The highest BCUT2D eigenvalue weighted by molar-refractivity contribution is 7.99. The summed E-state index contributed by atoms with van der Waals surface area (Å²) in [6.07, 6.45) is 1.19. The van der Waals surface area contributed by atoms with Gasteiger partial charge in [-0.25, -0.2) is 9.78 Å². The van der Waals surface area contributed by atoms with Gasteiger partial charge in [0, 0.05) is 11.1 Å². The molecule has 70 valence electrons. The highest BCUT2D eigenvalue weighted by Gasteiger charge is 2.09. The quantitative estimate of drug-likeness (QED) is 0.767. The minimum atomic E-state index is -2.55. The number of nitrogens with zero attached hydrogens (tertiary/aromatic N) is 1. The van der Waals surface area contributed by atoms with E-state index in [9.17, 15) is 13.6 Å². The van der Waals surface area contributed by atoms with Crippen molar-refractivity contribution in [1.29, 1.82) is 0 Å². The summed E-state index contributed by atoms with van der Waals surface area (Å²) in [5.41, 5.74) is -0.231. The second-order valence-electron chi connectivity index (χ2n) is 2.06. The molecule has 0 radical (unpaired) electrons. The van der Waals surface area contributed by atoms with Gasteiger partial charge in [0.25, 0.3) is 5.76 Å². The van der Waals surface area contributed by atoms with Gasteiger partial charge in [0.2, 0.25) is 0 Å². The van der Waals surface area contributed by atoms with E-state index in [4.69, 9.17) is 5.11 Å². The molecule has 0 saturated heterocycles. The van der Waals surface area contributed by atoms with Gasteiger partial charge < -0.3 is 5.11 Å². The van der Waals surface area contributed by atoms with Crippen LogP contribution in [0.15, 0.2) is 23.2 Å². The molecule has 1 heterocycles. The number of aromatic nitrogens is 1. The van der Waals surface area contributed by atoms with Crippen LogP contribution in [0.1, 0.15) is 10.5 Å². The number of pyridine rings is 1. The van der Waals surface area contributed by atoms with Gasteiger partial charge in [-0.2, -0.15) is 8.78 Å². The van der Waals surface area contributed by atoms with Crippen molar-refractivity contribution in [3.8, 4) is 0 Å². The van der Waals surface area contributed by atoms with E-state index in [1.165, 1.54) is 12.3 Å².